The van der Waals surface area contributed by atoms with Crippen LogP contribution in [0.2, 0.25) is 0 Å². The maximum Gasteiger partial charge on any atom is 0.188 e. The van der Waals surface area contributed by atoms with Crippen molar-refractivity contribution in [3.63, 3.8) is 0 Å². The van der Waals surface area contributed by atoms with E-state index in [0.29, 0.717) is 6.79 Å². The van der Waals surface area contributed by atoms with Crippen LogP contribution in [0, 0.1) is 0 Å². The third-order valence-electron chi connectivity index (χ3n) is 4.93. The normalized spacial score (nSPS) is 11.3. The van der Waals surface area contributed by atoms with E-state index in [1.165, 1.54) is 89.9 Å². The second kappa shape index (κ2) is 25.2. The number of carbonyl (C=O) groups excluding carboxylic acids is 1. The summed E-state index contributed by atoms with van der Waals surface area (Å²) in [5.74, 6) is 0. The number of hydrogen-bond acceptors (Lipinski definition) is 3. The fourth-order valence-corrected chi connectivity index (χ4v) is 3.17. The summed E-state index contributed by atoms with van der Waals surface area (Å²) in [5, 5.41) is 0. The van der Waals surface area contributed by atoms with Crippen molar-refractivity contribution in [1.29, 1.82) is 0 Å². The highest BCUT2D eigenvalue weighted by Gasteiger charge is 1.93. The van der Waals surface area contributed by atoms with E-state index in [1.54, 1.807) is 6.26 Å². The number of aldehydes is 1. The molecule has 0 unspecified atom stereocenters. The highest BCUT2D eigenvalue weighted by molar-refractivity contribution is 5.48. The van der Waals surface area contributed by atoms with Gasteiger partial charge in [-0.15, -0.1) is 0 Å². The largest absolute Gasteiger partial charge is 0.475 e. The van der Waals surface area contributed by atoms with E-state index in [2.05, 4.69) is 13.0 Å². The molecule has 0 atom stereocenters. The van der Waals surface area contributed by atoms with Crippen LogP contribution in [-0.4, -0.2) is 19.7 Å². The second-order valence-corrected chi connectivity index (χ2v) is 7.61. The molecule has 0 aliphatic rings. The number of allylic oxidation sites excluding steroid dienone is 1. The molecule has 0 heterocycles. The van der Waals surface area contributed by atoms with Crippen LogP contribution in [0.3, 0.4) is 0 Å². The maximum absolute atomic E-state index is 10.2. The summed E-state index contributed by atoms with van der Waals surface area (Å²) in [5.41, 5.74) is 0. The third-order valence-corrected chi connectivity index (χ3v) is 4.93. The van der Waals surface area contributed by atoms with E-state index in [4.69, 9.17) is 9.47 Å². The average Bonchev–Trinajstić information content (AvgIpc) is 2.68. The van der Waals surface area contributed by atoms with Gasteiger partial charge in [0.2, 0.25) is 0 Å². The Morgan fingerprint density at radius 2 is 1.15 bits per heavy atom. The second-order valence-electron chi connectivity index (χ2n) is 7.61. The molecule has 0 aliphatic carbocycles. The number of hydrogen-bond donors (Lipinski definition) is 0. The van der Waals surface area contributed by atoms with Crippen molar-refractivity contribution in [2.45, 2.75) is 122 Å². The predicted octanol–water partition coefficient (Wildman–Crippen LogP) is 7.73. The van der Waals surface area contributed by atoms with Crippen LogP contribution in [-0.2, 0) is 14.3 Å². The molecule has 27 heavy (non-hydrogen) atoms. The lowest BCUT2D eigenvalue weighted by molar-refractivity contribution is -0.107. The molecule has 0 aromatic carbocycles. The van der Waals surface area contributed by atoms with Crippen molar-refractivity contribution in [3.8, 4) is 0 Å². The summed E-state index contributed by atoms with van der Waals surface area (Å²) in [6.45, 7) is 3.46. The molecule has 3 heteroatoms. The minimum Gasteiger partial charge on any atom is -0.475 e. The van der Waals surface area contributed by atoms with E-state index in [0.717, 1.165) is 38.6 Å². The monoisotopic (exact) mass is 382 g/mol. The first-order valence-corrected chi connectivity index (χ1v) is 11.7. The van der Waals surface area contributed by atoms with Crippen LogP contribution < -0.4 is 0 Å². The molecule has 0 saturated heterocycles. The van der Waals surface area contributed by atoms with Crippen LogP contribution in [0.4, 0.5) is 0 Å². The molecule has 0 bridgehead atoms. The van der Waals surface area contributed by atoms with Crippen molar-refractivity contribution in [1.82, 2.24) is 0 Å². The van der Waals surface area contributed by atoms with Gasteiger partial charge in [-0.05, 0) is 31.8 Å². The van der Waals surface area contributed by atoms with Crippen molar-refractivity contribution in [2.24, 2.45) is 0 Å². The number of unbranched alkanes of at least 4 members (excludes halogenated alkanes) is 16. The summed E-state index contributed by atoms with van der Waals surface area (Å²) >= 11 is 0. The van der Waals surface area contributed by atoms with Gasteiger partial charge in [0.15, 0.2) is 6.79 Å². The van der Waals surface area contributed by atoms with Crippen molar-refractivity contribution < 1.29 is 14.3 Å². The van der Waals surface area contributed by atoms with Gasteiger partial charge in [-0.3, -0.25) is 0 Å². The highest BCUT2D eigenvalue weighted by atomic mass is 16.7. The summed E-state index contributed by atoms with van der Waals surface area (Å²) < 4.78 is 10.9. The predicted molar refractivity (Wildman–Crippen MR) is 116 cm³/mol. The van der Waals surface area contributed by atoms with Gasteiger partial charge in [0.1, 0.15) is 6.29 Å². The molecule has 0 aromatic rings. The lowest BCUT2D eigenvalue weighted by atomic mass is 10.1. The maximum atomic E-state index is 10.2. The van der Waals surface area contributed by atoms with Gasteiger partial charge >= 0.3 is 0 Å². The van der Waals surface area contributed by atoms with E-state index in [9.17, 15) is 4.79 Å². The van der Waals surface area contributed by atoms with Gasteiger partial charge in [-0.2, -0.15) is 0 Å². The lowest BCUT2D eigenvalue weighted by Gasteiger charge is -2.04. The van der Waals surface area contributed by atoms with Crippen LogP contribution in [0.25, 0.3) is 0 Å². The summed E-state index contributed by atoms with van der Waals surface area (Å²) in [4.78, 5) is 10.2. The number of carbonyl (C=O) groups is 1. The molecule has 0 aliphatic heterocycles. The van der Waals surface area contributed by atoms with Crippen LogP contribution >= 0.6 is 0 Å². The SMILES string of the molecule is CCCCCCCCCOCOC=CCCCCCCCCCCCC=O. The Morgan fingerprint density at radius 3 is 1.74 bits per heavy atom. The van der Waals surface area contributed by atoms with Crippen LogP contribution in [0.1, 0.15) is 122 Å². The molecule has 0 fully saturated rings. The minimum absolute atomic E-state index is 0.388. The Hall–Kier alpha value is -0.830. The summed E-state index contributed by atoms with van der Waals surface area (Å²) in [7, 11) is 0. The van der Waals surface area contributed by atoms with E-state index in [-0.39, 0.29) is 0 Å². The minimum atomic E-state index is 0.388. The molecule has 0 saturated carbocycles. The van der Waals surface area contributed by atoms with Gasteiger partial charge in [0.05, 0.1) is 12.9 Å². The van der Waals surface area contributed by atoms with Gasteiger partial charge in [0.25, 0.3) is 0 Å². The molecule has 0 amide bonds. The molecule has 0 N–H and O–H groups in total. The molecule has 0 rings (SSSR count). The van der Waals surface area contributed by atoms with Crippen LogP contribution in [0.5, 0.6) is 0 Å². The lowest BCUT2D eigenvalue weighted by Crippen LogP contribution is -1.98. The smallest absolute Gasteiger partial charge is 0.188 e. The van der Waals surface area contributed by atoms with Crippen LogP contribution in [0.15, 0.2) is 12.3 Å². The Kier molecular flexibility index (Phi) is 24.4. The first-order chi connectivity index (χ1) is 13.4. The zero-order valence-electron chi connectivity index (χ0n) is 18.1. The molecule has 160 valence electrons. The molecular formula is C24H46O3. The average molecular weight is 383 g/mol. The fourth-order valence-electron chi connectivity index (χ4n) is 3.17. The first kappa shape index (κ1) is 26.2. The van der Waals surface area contributed by atoms with E-state index < -0.39 is 0 Å². The standard InChI is InChI=1S/C24H46O3/c1-2-3-4-5-13-16-19-22-26-24-27-23-20-17-14-11-9-7-6-8-10-12-15-18-21-25/h20-21,23H,2-19,22,24H2,1H3. The Labute approximate surface area is 169 Å². The molecule has 0 radical (unpaired) electrons. The fraction of sp³-hybridized carbons (Fsp3) is 0.875. The Balaban J connectivity index is 3.06. The van der Waals surface area contributed by atoms with Gasteiger partial charge < -0.3 is 14.3 Å². The van der Waals surface area contributed by atoms with Crippen molar-refractivity contribution in [2.75, 3.05) is 13.4 Å². The number of ether oxygens (including phenoxy) is 2. The Morgan fingerprint density at radius 1 is 0.630 bits per heavy atom. The molecule has 0 aromatic heterocycles. The zero-order valence-corrected chi connectivity index (χ0v) is 18.1. The Bertz CT molecular complexity index is 302. The molecule has 0 spiro atoms. The van der Waals surface area contributed by atoms with Gasteiger partial charge in [-0.1, -0.05) is 90.4 Å². The van der Waals surface area contributed by atoms with E-state index in [1.807, 2.05) is 0 Å². The third kappa shape index (κ3) is 25.2. The topological polar surface area (TPSA) is 35.5 Å². The number of rotatable bonds is 23. The summed E-state index contributed by atoms with van der Waals surface area (Å²) in [6.07, 6.45) is 27.5. The molecular weight excluding hydrogens is 336 g/mol. The summed E-state index contributed by atoms with van der Waals surface area (Å²) in [6, 6.07) is 0. The highest BCUT2D eigenvalue weighted by Crippen LogP contribution is 2.11. The van der Waals surface area contributed by atoms with Gasteiger partial charge in [-0.25, -0.2) is 0 Å². The zero-order chi connectivity index (χ0) is 19.7. The van der Waals surface area contributed by atoms with E-state index >= 15 is 0 Å². The van der Waals surface area contributed by atoms with Crippen molar-refractivity contribution >= 4 is 6.29 Å². The first-order valence-electron chi connectivity index (χ1n) is 11.7. The van der Waals surface area contributed by atoms with Gasteiger partial charge in [0, 0.05) is 6.42 Å². The van der Waals surface area contributed by atoms with Crippen molar-refractivity contribution in [3.05, 3.63) is 12.3 Å². The molecule has 3 nitrogen and oxygen atoms in total. The quantitative estimate of drug-likeness (QED) is 0.0784.